The van der Waals surface area contributed by atoms with Crippen LogP contribution >= 0.6 is 0 Å². The van der Waals surface area contributed by atoms with E-state index in [1.807, 2.05) is 18.2 Å². The number of hydrogen-bond donors (Lipinski definition) is 2. The van der Waals surface area contributed by atoms with Gasteiger partial charge in [-0.1, -0.05) is 45.0 Å². The van der Waals surface area contributed by atoms with Crippen molar-refractivity contribution in [2.45, 2.75) is 33.6 Å². The fourth-order valence-electron chi connectivity index (χ4n) is 1.43. The Balaban J connectivity index is 2.66. The van der Waals surface area contributed by atoms with Crippen LogP contribution in [0.15, 0.2) is 24.3 Å². The molecule has 0 aliphatic carbocycles. The normalized spacial score (nSPS) is 11.5. The van der Waals surface area contributed by atoms with Gasteiger partial charge in [-0.05, 0) is 29.3 Å². The summed E-state index contributed by atoms with van der Waals surface area (Å²) in [6.45, 7) is 6.62. The molecule has 0 aliphatic heterocycles. The van der Waals surface area contributed by atoms with Gasteiger partial charge in [0.2, 0.25) is 0 Å². The number of rotatable bonds is 3. The topological polar surface area (TPSA) is 40.5 Å². The minimum absolute atomic E-state index is 0.313. The molecule has 0 heterocycles. The lowest BCUT2D eigenvalue weighted by molar-refractivity contribution is 0.378. The van der Waals surface area contributed by atoms with Crippen LogP contribution < -0.4 is 5.46 Å². The predicted octanol–water partition coefficient (Wildman–Crippen LogP) is 1.35. The molecule has 1 rings (SSSR count). The smallest absolute Gasteiger partial charge is 0.423 e. The molecule has 0 saturated heterocycles. The van der Waals surface area contributed by atoms with E-state index < -0.39 is 7.12 Å². The molecule has 0 bridgehead atoms. The molecule has 82 valence electrons. The highest BCUT2D eigenvalue weighted by atomic mass is 16.4. The molecule has 3 heteroatoms. The minimum atomic E-state index is -1.36. The Kier molecular flexibility index (Phi) is 3.94. The van der Waals surface area contributed by atoms with Gasteiger partial charge in [-0.25, -0.2) is 0 Å². The summed E-state index contributed by atoms with van der Waals surface area (Å²) in [7, 11) is -1.36. The first kappa shape index (κ1) is 12.3. The van der Waals surface area contributed by atoms with Crippen LogP contribution in [0, 0.1) is 5.41 Å². The van der Waals surface area contributed by atoms with Gasteiger partial charge >= 0.3 is 7.12 Å². The lowest BCUT2D eigenvalue weighted by Gasteiger charge is -2.17. The van der Waals surface area contributed by atoms with Crippen LogP contribution in [-0.2, 0) is 6.42 Å². The largest absolute Gasteiger partial charge is 0.488 e. The number of benzene rings is 1. The summed E-state index contributed by atoms with van der Waals surface area (Å²) in [5, 5.41) is 18.1. The highest BCUT2D eigenvalue weighted by molar-refractivity contribution is 6.58. The van der Waals surface area contributed by atoms with Crippen molar-refractivity contribution in [3.05, 3.63) is 29.8 Å². The first-order chi connectivity index (χ1) is 6.88. The molecular weight excluding hydrogens is 187 g/mol. The van der Waals surface area contributed by atoms with E-state index in [1.165, 1.54) is 0 Å². The highest BCUT2D eigenvalue weighted by Crippen LogP contribution is 2.20. The van der Waals surface area contributed by atoms with Crippen molar-refractivity contribution < 1.29 is 10.0 Å². The Morgan fingerprint density at radius 2 is 1.87 bits per heavy atom. The molecule has 0 unspecified atom stereocenters. The lowest BCUT2D eigenvalue weighted by atomic mass is 9.79. The van der Waals surface area contributed by atoms with Crippen LogP contribution in [0.3, 0.4) is 0 Å². The van der Waals surface area contributed by atoms with E-state index in [0.717, 1.165) is 18.4 Å². The lowest BCUT2D eigenvalue weighted by Crippen LogP contribution is -2.29. The van der Waals surface area contributed by atoms with Crippen LogP contribution in [0.25, 0.3) is 0 Å². The molecule has 0 radical (unpaired) electrons. The molecule has 1 aromatic carbocycles. The first-order valence-corrected chi connectivity index (χ1v) is 5.33. The van der Waals surface area contributed by atoms with E-state index in [9.17, 15) is 0 Å². The fourth-order valence-corrected chi connectivity index (χ4v) is 1.43. The minimum Gasteiger partial charge on any atom is -0.423 e. The third kappa shape index (κ3) is 4.49. The van der Waals surface area contributed by atoms with Crippen LogP contribution in [0.5, 0.6) is 0 Å². The molecular formula is C12H19BO2. The Bertz CT molecular complexity index is 316. The summed E-state index contributed by atoms with van der Waals surface area (Å²) in [4.78, 5) is 0. The van der Waals surface area contributed by atoms with E-state index in [4.69, 9.17) is 10.0 Å². The summed E-state index contributed by atoms with van der Waals surface area (Å²) in [6.07, 6.45) is 2.07. The van der Waals surface area contributed by atoms with Crippen LogP contribution in [-0.4, -0.2) is 17.2 Å². The maximum absolute atomic E-state index is 9.03. The number of aryl methyl sites for hydroxylation is 1. The second-order valence-electron chi connectivity index (χ2n) is 5.18. The van der Waals surface area contributed by atoms with Gasteiger partial charge in [-0.2, -0.15) is 0 Å². The monoisotopic (exact) mass is 206 g/mol. The average molecular weight is 206 g/mol. The summed E-state index contributed by atoms with van der Waals surface area (Å²) in [6, 6.07) is 7.48. The van der Waals surface area contributed by atoms with Gasteiger partial charge < -0.3 is 10.0 Å². The summed E-state index contributed by atoms with van der Waals surface area (Å²) < 4.78 is 0. The SMILES string of the molecule is CC(C)(C)CCc1cccc(B(O)O)c1. The molecule has 0 amide bonds. The van der Waals surface area contributed by atoms with E-state index in [0.29, 0.717) is 10.9 Å². The quantitative estimate of drug-likeness (QED) is 0.732. The highest BCUT2D eigenvalue weighted by Gasteiger charge is 2.13. The Hall–Kier alpha value is -0.795. The molecule has 2 nitrogen and oxygen atoms in total. The Morgan fingerprint density at radius 3 is 2.40 bits per heavy atom. The third-order valence-corrected chi connectivity index (χ3v) is 2.41. The molecule has 0 saturated carbocycles. The van der Waals surface area contributed by atoms with E-state index in [-0.39, 0.29) is 0 Å². The van der Waals surface area contributed by atoms with Gasteiger partial charge in [0.15, 0.2) is 0 Å². The van der Waals surface area contributed by atoms with Crippen LogP contribution in [0.2, 0.25) is 0 Å². The standard InChI is InChI=1S/C12H19BO2/c1-12(2,3)8-7-10-5-4-6-11(9-10)13(14)15/h4-6,9,14-15H,7-8H2,1-3H3. The van der Waals surface area contributed by atoms with Crippen LogP contribution in [0.1, 0.15) is 32.8 Å². The molecule has 1 aromatic rings. The van der Waals surface area contributed by atoms with E-state index in [1.54, 1.807) is 6.07 Å². The second kappa shape index (κ2) is 4.82. The van der Waals surface area contributed by atoms with Crippen molar-refractivity contribution in [3.63, 3.8) is 0 Å². The Morgan fingerprint density at radius 1 is 1.20 bits per heavy atom. The second-order valence-corrected chi connectivity index (χ2v) is 5.18. The van der Waals surface area contributed by atoms with Crippen molar-refractivity contribution in [2.24, 2.45) is 5.41 Å². The molecule has 0 atom stereocenters. The molecule has 0 aliphatic rings. The molecule has 0 spiro atoms. The zero-order chi connectivity index (χ0) is 11.5. The Labute approximate surface area is 92.1 Å². The maximum atomic E-state index is 9.03. The van der Waals surface area contributed by atoms with Crippen LogP contribution in [0.4, 0.5) is 0 Å². The van der Waals surface area contributed by atoms with Gasteiger partial charge in [0, 0.05) is 0 Å². The maximum Gasteiger partial charge on any atom is 0.488 e. The van der Waals surface area contributed by atoms with E-state index >= 15 is 0 Å². The van der Waals surface area contributed by atoms with E-state index in [2.05, 4.69) is 20.8 Å². The fraction of sp³-hybridized carbons (Fsp3) is 0.500. The van der Waals surface area contributed by atoms with Crippen molar-refractivity contribution in [1.82, 2.24) is 0 Å². The molecule has 0 aromatic heterocycles. The average Bonchev–Trinajstić information content (AvgIpc) is 2.14. The molecule has 15 heavy (non-hydrogen) atoms. The summed E-state index contributed by atoms with van der Waals surface area (Å²) >= 11 is 0. The predicted molar refractivity (Wildman–Crippen MR) is 64.0 cm³/mol. The van der Waals surface area contributed by atoms with Gasteiger partial charge in [0.1, 0.15) is 0 Å². The summed E-state index contributed by atoms with van der Waals surface area (Å²) in [5.41, 5.74) is 2.05. The number of hydrogen-bond acceptors (Lipinski definition) is 2. The van der Waals surface area contributed by atoms with Gasteiger partial charge in [0.25, 0.3) is 0 Å². The van der Waals surface area contributed by atoms with Gasteiger partial charge in [-0.3, -0.25) is 0 Å². The molecule has 0 fully saturated rings. The van der Waals surface area contributed by atoms with Crippen molar-refractivity contribution in [1.29, 1.82) is 0 Å². The van der Waals surface area contributed by atoms with Gasteiger partial charge in [-0.15, -0.1) is 0 Å². The zero-order valence-corrected chi connectivity index (χ0v) is 9.70. The zero-order valence-electron chi connectivity index (χ0n) is 9.70. The third-order valence-electron chi connectivity index (χ3n) is 2.41. The van der Waals surface area contributed by atoms with Crippen molar-refractivity contribution >= 4 is 12.6 Å². The molecule has 2 N–H and O–H groups in total. The summed E-state index contributed by atoms with van der Waals surface area (Å²) in [5.74, 6) is 0. The van der Waals surface area contributed by atoms with Crippen molar-refractivity contribution in [2.75, 3.05) is 0 Å². The van der Waals surface area contributed by atoms with Crippen molar-refractivity contribution in [3.8, 4) is 0 Å². The first-order valence-electron chi connectivity index (χ1n) is 5.33. The van der Waals surface area contributed by atoms with Gasteiger partial charge in [0.05, 0.1) is 0 Å².